The van der Waals surface area contributed by atoms with Crippen LogP contribution in [0.2, 0.25) is 0 Å². The summed E-state index contributed by atoms with van der Waals surface area (Å²) in [5.74, 6) is 1.90. The van der Waals surface area contributed by atoms with E-state index in [2.05, 4.69) is 51.0 Å². The average Bonchev–Trinajstić information content (AvgIpc) is 2.93. The quantitative estimate of drug-likeness (QED) is 0.744. The fourth-order valence-electron chi connectivity index (χ4n) is 3.21. The maximum absolute atomic E-state index is 6.05. The molecular formula is C18H20N6OS. The third-order valence-corrected chi connectivity index (χ3v) is 5.42. The van der Waals surface area contributed by atoms with E-state index in [0.29, 0.717) is 11.7 Å². The van der Waals surface area contributed by atoms with Crippen molar-refractivity contribution in [2.24, 2.45) is 0 Å². The van der Waals surface area contributed by atoms with Gasteiger partial charge in [-0.25, -0.2) is 9.97 Å². The largest absolute Gasteiger partial charge is 0.491 e. The Kier molecular flexibility index (Phi) is 4.20. The zero-order chi connectivity index (χ0) is 18.3. The van der Waals surface area contributed by atoms with Crippen molar-refractivity contribution in [3.05, 3.63) is 40.8 Å². The lowest BCUT2D eigenvalue weighted by Crippen LogP contribution is -2.27. The predicted octanol–water partition coefficient (Wildman–Crippen LogP) is 2.90. The van der Waals surface area contributed by atoms with Crippen molar-refractivity contribution in [1.29, 1.82) is 0 Å². The van der Waals surface area contributed by atoms with E-state index in [1.54, 1.807) is 6.33 Å². The number of anilines is 2. The number of nitrogen functional groups attached to an aromatic ring is 1. The zero-order valence-electron chi connectivity index (χ0n) is 15.0. The van der Waals surface area contributed by atoms with Gasteiger partial charge in [-0.15, -0.1) is 10.2 Å². The summed E-state index contributed by atoms with van der Waals surface area (Å²) in [5.41, 5.74) is 11.0. The maximum atomic E-state index is 6.05. The topological polar surface area (TPSA) is 90.0 Å². The summed E-state index contributed by atoms with van der Waals surface area (Å²) >= 11 is 1.39. The molecule has 0 spiro atoms. The van der Waals surface area contributed by atoms with Crippen LogP contribution in [0.4, 0.5) is 10.9 Å². The van der Waals surface area contributed by atoms with Crippen molar-refractivity contribution in [2.75, 3.05) is 23.8 Å². The highest BCUT2D eigenvalue weighted by atomic mass is 32.1. The Labute approximate surface area is 155 Å². The molecular weight excluding hydrogens is 348 g/mol. The Morgan fingerprint density at radius 2 is 2.00 bits per heavy atom. The molecule has 0 aliphatic carbocycles. The van der Waals surface area contributed by atoms with E-state index in [1.807, 2.05) is 6.92 Å². The fraction of sp³-hybridized carbons (Fsp3) is 0.333. The van der Waals surface area contributed by atoms with Gasteiger partial charge in [-0.1, -0.05) is 11.3 Å². The third-order valence-electron chi connectivity index (χ3n) is 4.62. The molecule has 0 radical (unpaired) electrons. The number of nitrogens with zero attached hydrogens (tertiary/aromatic N) is 5. The van der Waals surface area contributed by atoms with Crippen LogP contribution in [0.3, 0.4) is 0 Å². The molecule has 134 valence electrons. The number of fused-ring (bicyclic) bond motifs is 1. The molecule has 8 heteroatoms. The van der Waals surface area contributed by atoms with Gasteiger partial charge in [0.15, 0.2) is 0 Å². The van der Waals surface area contributed by atoms with Crippen LogP contribution in [0.5, 0.6) is 5.75 Å². The molecule has 7 nitrogen and oxygen atoms in total. The van der Waals surface area contributed by atoms with Crippen LogP contribution in [0.25, 0.3) is 10.6 Å². The lowest BCUT2D eigenvalue weighted by Gasteiger charge is -2.23. The molecule has 0 unspecified atom stereocenters. The van der Waals surface area contributed by atoms with Gasteiger partial charge < -0.3 is 15.4 Å². The summed E-state index contributed by atoms with van der Waals surface area (Å²) in [6.07, 6.45) is 1.62. The normalized spacial score (nSPS) is 13.9. The summed E-state index contributed by atoms with van der Waals surface area (Å²) in [6, 6.07) is 4.19. The molecule has 0 amide bonds. The highest BCUT2D eigenvalue weighted by Gasteiger charge is 2.21. The Bertz CT molecular complexity index is 970. The first-order valence-electron chi connectivity index (χ1n) is 8.41. The third kappa shape index (κ3) is 2.96. The number of hydrogen-bond acceptors (Lipinski definition) is 8. The summed E-state index contributed by atoms with van der Waals surface area (Å²) < 4.78 is 6.05. The molecule has 0 bridgehead atoms. The van der Waals surface area contributed by atoms with Crippen molar-refractivity contribution in [2.45, 2.75) is 27.3 Å². The first kappa shape index (κ1) is 16.7. The van der Waals surface area contributed by atoms with E-state index in [1.165, 1.54) is 11.3 Å². The second kappa shape index (κ2) is 6.53. The summed E-state index contributed by atoms with van der Waals surface area (Å²) in [7, 11) is 0. The van der Waals surface area contributed by atoms with Crippen molar-refractivity contribution in [3.63, 3.8) is 0 Å². The van der Waals surface area contributed by atoms with E-state index in [0.717, 1.165) is 57.6 Å². The van der Waals surface area contributed by atoms with Gasteiger partial charge in [-0.2, -0.15) is 0 Å². The van der Waals surface area contributed by atoms with Gasteiger partial charge >= 0.3 is 0 Å². The van der Waals surface area contributed by atoms with Gasteiger partial charge in [0.25, 0.3) is 0 Å². The molecule has 0 fully saturated rings. The Morgan fingerprint density at radius 3 is 2.77 bits per heavy atom. The van der Waals surface area contributed by atoms with Crippen LogP contribution < -0.4 is 15.4 Å². The van der Waals surface area contributed by atoms with Crippen molar-refractivity contribution in [1.82, 2.24) is 20.2 Å². The van der Waals surface area contributed by atoms with Gasteiger partial charge in [-0.05, 0) is 38.5 Å². The number of rotatable bonds is 2. The SMILES string of the molecule is Cc1cc(-c2nnc(N)s2)cc2c1OCCN(c1ncnc(C)c1C)C2. The Hall–Kier alpha value is -2.74. The molecule has 4 rings (SSSR count). The van der Waals surface area contributed by atoms with Gasteiger partial charge in [-0.3, -0.25) is 0 Å². The van der Waals surface area contributed by atoms with Gasteiger partial charge in [0.1, 0.15) is 29.5 Å². The molecule has 2 N–H and O–H groups in total. The highest BCUT2D eigenvalue weighted by molar-refractivity contribution is 7.18. The van der Waals surface area contributed by atoms with E-state index in [9.17, 15) is 0 Å². The lowest BCUT2D eigenvalue weighted by atomic mass is 10.0. The van der Waals surface area contributed by atoms with Crippen LogP contribution in [0.1, 0.15) is 22.4 Å². The summed E-state index contributed by atoms with van der Waals surface area (Å²) in [5, 5.41) is 9.38. The van der Waals surface area contributed by atoms with Crippen LogP contribution in [-0.2, 0) is 6.54 Å². The lowest BCUT2D eigenvalue weighted by molar-refractivity contribution is 0.329. The smallest absolute Gasteiger partial charge is 0.203 e. The van der Waals surface area contributed by atoms with Crippen LogP contribution in [0, 0.1) is 20.8 Å². The minimum atomic E-state index is 0.470. The molecule has 3 aromatic rings. The Balaban J connectivity index is 1.75. The minimum absolute atomic E-state index is 0.470. The van der Waals surface area contributed by atoms with Crippen LogP contribution in [-0.4, -0.2) is 33.3 Å². The van der Waals surface area contributed by atoms with Gasteiger partial charge in [0, 0.05) is 28.9 Å². The summed E-state index contributed by atoms with van der Waals surface area (Å²) in [6.45, 7) is 8.22. The first-order chi connectivity index (χ1) is 12.5. The number of ether oxygens (including phenoxy) is 1. The highest BCUT2D eigenvalue weighted by Crippen LogP contribution is 2.35. The molecule has 1 aliphatic heterocycles. The van der Waals surface area contributed by atoms with E-state index >= 15 is 0 Å². The Morgan fingerprint density at radius 1 is 1.15 bits per heavy atom. The predicted molar refractivity (Wildman–Crippen MR) is 103 cm³/mol. The number of hydrogen-bond donors (Lipinski definition) is 1. The molecule has 3 heterocycles. The van der Waals surface area contributed by atoms with E-state index < -0.39 is 0 Å². The standard InChI is InChI=1S/C18H20N6OS/c1-10-6-13(17-22-23-18(19)26-17)7-14-8-24(4-5-25-15(10)14)16-11(2)12(3)20-9-21-16/h6-7,9H,4-5,8H2,1-3H3,(H2,19,23). The summed E-state index contributed by atoms with van der Waals surface area (Å²) in [4.78, 5) is 11.0. The molecule has 26 heavy (non-hydrogen) atoms. The van der Waals surface area contributed by atoms with Crippen LogP contribution in [0.15, 0.2) is 18.5 Å². The number of aryl methyl sites for hydroxylation is 2. The van der Waals surface area contributed by atoms with E-state index in [4.69, 9.17) is 10.5 Å². The second-order valence-corrected chi connectivity index (χ2v) is 7.41. The number of benzene rings is 1. The maximum Gasteiger partial charge on any atom is 0.203 e. The molecule has 1 aliphatic rings. The minimum Gasteiger partial charge on any atom is -0.491 e. The molecule has 0 saturated carbocycles. The number of aromatic nitrogens is 4. The molecule has 0 atom stereocenters. The average molecular weight is 368 g/mol. The molecule has 0 saturated heterocycles. The monoisotopic (exact) mass is 368 g/mol. The van der Waals surface area contributed by atoms with E-state index in [-0.39, 0.29) is 0 Å². The van der Waals surface area contributed by atoms with Crippen molar-refractivity contribution in [3.8, 4) is 16.3 Å². The van der Waals surface area contributed by atoms with Gasteiger partial charge in [0.2, 0.25) is 5.13 Å². The van der Waals surface area contributed by atoms with Crippen molar-refractivity contribution < 1.29 is 4.74 Å². The fourth-order valence-corrected chi connectivity index (χ4v) is 3.81. The molecule has 1 aromatic carbocycles. The zero-order valence-corrected chi connectivity index (χ0v) is 15.8. The first-order valence-corrected chi connectivity index (χ1v) is 9.23. The van der Waals surface area contributed by atoms with Crippen LogP contribution >= 0.6 is 11.3 Å². The molecule has 2 aromatic heterocycles. The number of nitrogens with two attached hydrogens (primary N) is 1. The van der Waals surface area contributed by atoms with Crippen molar-refractivity contribution >= 4 is 22.3 Å². The second-order valence-electron chi connectivity index (χ2n) is 6.40. The van der Waals surface area contributed by atoms with Gasteiger partial charge in [0.05, 0.1) is 6.54 Å².